The Morgan fingerprint density at radius 2 is 2.00 bits per heavy atom. The highest BCUT2D eigenvalue weighted by Crippen LogP contribution is 2.31. The Hall–Kier alpha value is -1.56. The number of halogens is 1. The van der Waals surface area contributed by atoms with Crippen LogP contribution in [0, 0.1) is 5.92 Å². The number of nitrogens with zero attached hydrogens (tertiary/aromatic N) is 3. The summed E-state index contributed by atoms with van der Waals surface area (Å²) in [6.07, 6.45) is 1.18. The highest BCUT2D eigenvalue weighted by molar-refractivity contribution is 6.33. The Morgan fingerprint density at radius 3 is 2.75 bits per heavy atom. The second kappa shape index (κ2) is 6.75. The van der Waals surface area contributed by atoms with Gasteiger partial charge in [0.2, 0.25) is 0 Å². The first-order chi connectivity index (χ1) is 11.7. The summed E-state index contributed by atoms with van der Waals surface area (Å²) < 4.78 is 0. The number of benzene rings is 1. The predicted molar refractivity (Wildman–Crippen MR) is 101 cm³/mol. The molecule has 24 heavy (non-hydrogen) atoms. The number of anilines is 2. The zero-order valence-electron chi connectivity index (χ0n) is 13.8. The molecule has 2 fully saturated rings. The lowest BCUT2D eigenvalue weighted by molar-refractivity contribution is 0.585. The molecular weight excluding hydrogens is 322 g/mol. The number of piperazine rings is 1. The molecule has 5 nitrogen and oxygen atoms in total. The molecule has 1 unspecified atom stereocenters. The standard InChI is InChI=1S/C18H24ClN5/c19-16-10-14-9-15(24-6-3-13(11-20)12-24)1-2-17(14)22-18(16)23-7-4-21-5-8-23/h1-2,9-10,13,21H,3-8,11-12,20H2. The second-order valence-corrected chi connectivity index (χ2v) is 7.15. The molecule has 1 aromatic heterocycles. The molecule has 128 valence electrons. The molecule has 0 radical (unpaired) electrons. The Morgan fingerprint density at radius 1 is 1.17 bits per heavy atom. The maximum absolute atomic E-state index is 6.54. The number of nitrogens with two attached hydrogens (primary N) is 1. The quantitative estimate of drug-likeness (QED) is 0.892. The minimum Gasteiger partial charge on any atom is -0.371 e. The van der Waals surface area contributed by atoms with Gasteiger partial charge in [-0.25, -0.2) is 4.98 Å². The number of hydrogen-bond donors (Lipinski definition) is 2. The van der Waals surface area contributed by atoms with Gasteiger partial charge in [0, 0.05) is 50.3 Å². The van der Waals surface area contributed by atoms with Crippen LogP contribution in [0.2, 0.25) is 5.02 Å². The zero-order chi connectivity index (χ0) is 16.5. The van der Waals surface area contributed by atoms with Crippen LogP contribution < -0.4 is 20.9 Å². The summed E-state index contributed by atoms with van der Waals surface area (Å²) in [6, 6.07) is 8.54. The Bertz CT molecular complexity index is 729. The van der Waals surface area contributed by atoms with Crippen molar-refractivity contribution in [1.29, 1.82) is 0 Å². The Balaban J connectivity index is 1.63. The summed E-state index contributed by atoms with van der Waals surface area (Å²) in [5.74, 6) is 1.51. The average molecular weight is 346 g/mol. The molecule has 0 bridgehead atoms. The van der Waals surface area contributed by atoms with Crippen LogP contribution in [-0.4, -0.2) is 50.8 Å². The fraction of sp³-hybridized carbons (Fsp3) is 0.500. The maximum Gasteiger partial charge on any atom is 0.148 e. The van der Waals surface area contributed by atoms with Gasteiger partial charge >= 0.3 is 0 Å². The first-order valence-electron chi connectivity index (χ1n) is 8.75. The van der Waals surface area contributed by atoms with Crippen LogP contribution in [0.1, 0.15) is 6.42 Å². The van der Waals surface area contributed by atoms with E-state index < -0.39 is 0 Å². The first-order valence-corrected chi connectivity index (χ1v) is 9.13. The number of fused-ring (bicyclic) bond motifs is 1. The number of hydrogen-bond acceptors (Lipinski definition) is 5. The third-order valence-electron chi connectivity index (χ3n) is 5.13. The molecule has 4 rings (SSSR count). The van der Waals surface area contributed by atoms with E-state index in [2.05, 4.69) is 39.4 Å². The largest absolute Gasteiger partial charge is 0.371 e. The molecule has 3 N–H and O–H groups in total. The minimum atomic E-state index is 0.609. The van der Waals surface area contributed by atoms with Gasteiger partial charge < -0.3 is 20.9 Å². The number of rotatable bonds is 3. The summed E-state index contributed by atoms with van der Waals surface area (Å²) in [5.41, 5.74) is 8.06. The molecule has 6 heteroatoms. The lowest BCUT2D eigenvalue weighted by Crippen LogP contribution is -2.44. The zero-order valence-corrected chi connectivity index (χ0v) is 14.6. The number of nitrogens with one attached hydrogen (secondary N) is 1. The van der Waals surface area contributed by atoms with Crippen molar-refractivity contribution >= 4 is 34.0 Å². The van der Waals surface area contributed by atoms with E-state index in [1.807, 2.05) is 0 Å². The van der Waals surface area contributed by atoms with E-state index in [0.717, 1.165) is 67.6 Å². The normalized spacial score (nSPS) is 21.7. The first kappa shape index (κ1) is 15.9. The molecule has 3 heterocycles. The molecule has 2 aliphatic rings. The van der Waals surface area contributed by atoms with E-state index in [9.17, 15) is 0 Å². The van der Waals surface area contributed by atoms with E-state index in [1.54, 1.807) is 0 Å². The molecule has 1 aromatic carbocycles. The van der Waals surface area contributed by atoms with E-state index in [-0.39, 0.29) is 0 Å². The molecule has 0 spiro atoms. The minimum absolute atomic E-state index is 0.609. The monoisotopic (exact) mass is 345 g/mol. The third kappa shape index (κ3) is 3.04. The highest BCUT2D eigenvalue weighted by atomic mass is 35.5. The van der Waals surface area contributed by atoms with Crippen molar-refractivity contribution in [3.8, 4) is 0 Å². The molecule has 0 saturated carbocycles. The fourth-order valence-corrected chi connectivity index (χ4v) is 3.96. The molecule has 0 amide bonds. The fourth-order valence-electron chi connectivity index (χ4n) is 3.68. The summed E-state index contributed by atoms with van der Waals surface area (Å²) in [4.78, 5) is 9.50. The Labute approximate surface area is 147 Å². The van der Waals surface area contributed by atoms with E-state index in [0.29, 0.717) is 5.92 Å². The summed E-state index contributed by atoms with van der Waals surface area (Å²) >= 11 is 6.54. The molecule has 2 saturated heterocycles. The predicted octanol–water partition coefficient (Wildman–Crippen LogP) is 2.08. The lowest BCUT2D eigenvalue weighted by Gasteiger charge is -2.29. The smallest absolute Gasteiger partial charge is 0.148 e. The molecule has 1 atom stereocenters. The van der Waals surface area contributed by atoms with Crippen molar-refractivity contribution < 1.29 is 0 Å². The van der Waals surface area contributed by atoms with Crippen molar-refractivity contribution in [1.82, 2.24) is 10.3 Å². The molecule has 2 aliphatic heterocycles. The summed E-state index contributed by atoms with van der Waals surface area (Å²) in [6.45, 7) is 6.74. The van der Waals surface area contributed by atoms with Crippen LogP contribution in [0.3, 0.4) is 0 Å². The highest BCUT2D eigenvalue weighted by Gasteiger charge is 2.22. The van der Waals surface area contributed by atoms with Gasteiger partial charge in [0.15, 0.2) is 0 Å². The van der Waals surface area contributed by atoms with E-state index >= 15 is 0 Å². The van der Waals surface area contributed by atoms with Crippen LogP contribution in [0.4, 0.5) is 11.5 Å². The van der Waals surface area contributed by atoms with Crippen LogP contribution >= 0.6 is 11.6 Å². The topological polar surface area (TPSA) is 57.4 Å². The van der Waals surface area contributed by atoms with Crippen molar-refractivity contribution in [2.75, 3.05) is 55.6 Å². The average Bonchev–Trinajstić information content (AvgIpc) is 3.10. The van der Waals surface area contributed by atoms with Crippen molar-refractivity contribution in [3.63, 3.8) is 0 Å². The lowest BCUT2D eigenvalue weighted by atomic mass is 10.1. The van der Waals surface area contributed by atoms with Crippen molar-refractivity contribution in [2.45, 2.75) is 6.42 Å². The van der Waals surface area contributed by atoms with Gasteiger partial charge in [-0.2, -0.15) is 0 Å². The molecular formula is C18H24ClN5. The van der Waals surface area contributed by atoms with Crippen LogP contribution in [0.25, 0.3) is 10.9 Å². The number of aromatic nitrogens is 1. The Kier molecular flexibility index (Phi) is 4.48. The van der Waals surface area contributed by atoms with Crippen molar-refractivity contribution in [2.24, 2.45) is 11.7 Å². The SMILES string of the molecule is NCC1CCN(c2ccc3nc(N4CCNCC4)c(Cl)cc3c2)C1. The van der Waals surface area contributed by atoms with Gasteiger partial charge in [0.1, 0.15) is 5.82 Å². The van der Waals surface area contributed by atoms with Gasteiger partial charge in [-0.1, -0.05) is 11.6 Å². The van der Waals surface area contributed by atoms with Crippen LogP contribution in [0.5, 0.6) is 0 Å². The van der Waals surface area contributed by atoms with Crippen molar-refractivity contribution in [3.05, 3.63) is 29.3 Å². The summed E-state index contributed by atoms with van der Waals surface area (Å²) in [5, 5.41) is 5.20. The van der Waals surface area contributed by atoms with Crippen LogP contribution in [0.15, 0.2) is 24.3 Å². The molecule has 2 aromatic rings. The molecule has 0 aliphatic carbocycles. The van der Waals surface area contributed by atoms with Gasteiger partial charge in [-0.05, 0) is 43.1 Å². The van der Waals surface area contributed by atoms with Crippen LogP contribution in [-0.2, 0) is 0 Å². The third-order valence-corrected chi connectivity index (χ3v) is 5.41. The summed E-state index contributed by atoms with van der Waals surface area (Å²) in [7, 11) is 0. The maximum atomic E-state index is 6.54. The van der Waals surface area contributed by atoms with Gasteiger partial charge in [-0.3, -0.25) is 0 Å². The van der Waals surface area contributed by atoms with Gasteiger partial charge in [0.25, 0.3) is 0 Å². The van der Waals surface area contributed by atoms with Gasteiger partial charge in [-0.15, -0.1) is 0 Å². The number of pyridine rings is 1. The van der Waals surface area contributed by atoms with E-state index in [1.165, 1.54) is 12.1 Å². The van der Waals surface area contributed by atoms with E-state index in [4.69, 9.17) is 22.3 Å². The second-order valence-electron chi connectivity index (χ2n) is 6.74. The van der Waals surface area contributed by atoms with Gasteiger partial charge in [0.05, 0.1) is 10.5 Å².